The third-order valence-corrected chi connectivity index (χ3v) is 4.96. The minimum Gasteiger partial charge on any atom is -0.497 e. The zero-order valence-corrected chi connectivity index (χ0v) is 14.2. The van der Waals surface area contributed by atoms with E-state index in [1.807, 2.05) is 12.1 Å². The van der Waals surface area contributed by atoms with Crippen LogP contribution in [0.15, 0.2) is 60.7 Å². The van der Waals surface area contributed by atoms with Gasteiger partial charge in [0.2, 0.25) is 0 Å². The van der Waals surface area contributed by atoms with E-state index in [0.717, 1.165) is 18.8 Å². The molecule has 0 unspecified atom stereocenters. The molecular weight excluding hydrogens is 294 g/mol. The number of fused-ring (bicyclic) bond motifs is 1. The van der Waals surface area contributed by atoms with E-state index < -0.39 is 0 Å². The average Bonchev–Trinajstić information content (AvgIpc) is 2.68. The van der Waals surface area contributed by atoms with E-state index in [0.29, 0.717) is 0 Å². The smallest absolute Gasteiger partial charge is 0.118 e. The lowest BCUT2D eigenvalue weighted by Gasteiger charge is -2.30. The predicted molar refractivity (Wildman–Crippen MR) is 102 cm³/mol. The predicted octanol–water partition coefficient (Wildman–Crippen LogP) is 5.51. The van der Waals surface area contributed by atoms with Gasteiger partial charge in [0.15, 0.2) is 0 Å². The molecule has 0 N–H and O–H groups in total. The SMILES string of the molecule is COc1ccc(-c2cc(N3CCCCC3)c3ccccc3c2)cc1. The summed E-state index contributed by atoms with van der Waals surface area (Å²) in [7, 11) is 1.71. The van der Waals surface area contributed by atoms with Gasteiger partial charge < -0.3 is 9.64 Å². The molecule has 1 aliphatic rings. The van der Waals surface area contributed by atoms with E-state index in [2.05, 4.69) is 53.4 Å². The minimum absolute atomic E-state index is 0.899. The van der Waals surface area contributed by atoms with E-state index in [9.17, 15) is 0 Å². The van der Waals surface area contributed by atoms with Crippen molar-refractivity contribution in [2.24, 2.45) is 0 Å². The number of ether oxygens (including phenoxy) is 1. The van der Waals surface area contributed by atoms with Gasteiger partial charge in [-0.3, -0.25) is 0 Å². The fourth-order valence-electron chi connectivity index (χ4n) is 3.64. The summed E-state index contributed by atoms with van der Waals surface area (Å²) < 4.78 is 5.29. The van der Waals surface area contributed by atoms with Gasteiger partial charge in [-0.15, -0.1) is 0 Å². The van der Waals surface area contributed by atoms with E-state index in [1.54, 1.807) is 7.11 Å². The summed E-state index contributed by atoms with van der Waals surface area (Å²) in [6.07, 6.45) is 3.94. The Morgan fingerprint density at radius 2 is 1.54 bits per heavy atom. The highest BCUT2D eigenvalue weighted by atomic mass is 16.5. The van der Waals surface area contributed by atoms with Crippen LogP contribution in [-0.4, -0.2) is 20.2 Å². The fraction of sp³-hybridized carbons (Fsp3) is 0.273. The molecule has 122 valence electrons. The molecule has 0 aliphatic carbocycles. The number of rotatable bonds is 3. The number of hydrogen-bond acceptors (Lipinski definition) is 2. The van der Waals surface area contributed by atoms with Crippen LogP contribution < -0.4 is 9.64 Å². The average molecular weight is 317 g/mol. The summed E-state index contributed by atoms with van der Waals surface area (Å²) in [6.45, 7) is 2.33. The van der Waals surface area contributed by atoms with E-state index >= 15 is 0 Å². The van der Waals surface area contributed by atoms with Gasteiger partial charge in [-0.05, 0) is 60.0 Å². The largest absolute Gasteiger partial charge is 0.497 e. The molecule has 1 aliphatic heterocycles. The summed E-state index contributed by atoms with van der Waals surface area (Å²) in [5.74, 6) is 0.899. The first-order valence-corrected chi connectivity index (χ1v) is 8.77. The van der Waals surface area contributed by atoms with E-state index in [4.69, 9.17) is 4.74 Å². The number of benzene rings is 3. The molecule has 0 saturated carbocycles. The van der Waals surface area contributed by atoms with Crippen molar-refractivity contribution in [2.75, 3.05) is 25.1 Å². The Labute approximate surface area is 143 Å². The molecule has 3 aromatic carbocycles. The van der Waals surface area contributed by atoms with Crippen LogP contribution in [0.4, 0.5) is 5.69 Å². The molecule has 1 fully saturated rings. The van der Waals surface area contributed by atoms with Crippen LogP contribution in [0.2, 0.25) is 0 Å². The van der Waals surface area contributed by atoms with Gasteiger partial charge in [0.1, 0.15) is 5.75 Å². The second-order valence-electron chi connectivity index (χ2n) is 6.49. The molecule has 2 nitrogen and oxygen atoms in total. The van der Waals surface area contributed by atoms with Crippen molar-refractivity contribution in [3.63, 3.8) is 0 Å². The molecule has 1 heterocycles. The number of anilines is 1. The molecule has 0 spiro atoms. The molecular formula is C22H23NO. The van der Waals surface area contributed by atoms with Crippen molar-refractivity contribution in [3.05, 3.63) is 60.7 Å². The third-order valence-electron chi connectivity index (χ3n) is 4.96. The highest BCUT2D eigenvalue weighted by Crippen LogP contribution is 2.35. The zero-order chi connectivity index (χ0) is 16.4. The van der Waals surface area contributed by atoms with Crippen LogP contribution in [-0.2, 0) is 0 Å². The topological polar surface area (TPSA) is 12.5 Å². The van der Waals surface area contributed by atoms with Crippen LogP contribution in [0.25, 0.3) is 21.9 Å². The van der Waals surface area contributed by atoms with Gasteiger partial charge in [-0.25, -0.2) is 0 Å². The molecule has 1 saturated heterocycles. The maximum absolute atomic E-state index is 5.29. The van der Waals surface area contributed by atoms with Crippen LogP contribution in [0.3, 0.4) is 0 Å². The Balaban J connectivity index is 1.83. The number of nitrogens with zero attached hydrogens (tertiary/aromatic N) is 1. The highest BCUT2D eigenvalue weighted by molar-refractivity contribution is 5.98. The first kappa shape index (κ1) is 15.1. The molecule has 0 bridgehead atoms. The van der Waals surface area contributed by atoms with Gasteiger partial charge in [0.05, 0.1) is 7.11 Å². The Morgan fingerprint density at radius 1 is 0.792 bits per heavy atom. The summed E-state index contributed by atoms with van der Waals surface area (Å²) in [4.78, 5) is 2.55. The lowest BCUT2D eigenvalue weighted by molar-refractivity contribution is 0.415. The van der Waals surface area contributed by atoms with Gasteiger partial charge in [-0.1, -0.05) is 36.4 Å². The molecule has 24 heavy (non-hydrogen) atoms. The van der Waals surface area contributed by atoms with Crippen molar-refractivity contribution >= 4 is 16.5 Å². The van der Waals surface area contributed by atoms with E-state index in [-0.39, 0.29) is 0 Å². The standard InChI is InChI=1S/C22H23NO/c1-24-20-11-9-17(10-12-20)19-15-18-7-3-4-8-21(18)22(16-19)23-13-5-2-6-14-23/h3-4,7-12,15-16H,2,5-6,13-14H2,1H3. The first-order chi connectivity index (χ1) is 11.8. The van der Waals surface area contributed by atoms with Crippen LogP contribution in [0, 0.1) is 0 Å². The van der Waals surface area contributed by atoms with Crippen LogP contribution in [0.5, 0.6) is 5.75 Å². The van der Waals surface area contributed by atoms with Crippen molar-refractivity contribution in [2.45, 2.75) is 19.3 Å². The van der Waals surface area contributed by atoms with Crippen LogP contribution in [0.1, 0.15) is 19.3 Å². The third kappa shape index (κ3) is 2.84. The molecule has 4 rings (SSSR count). The quantitative estimate of drug-likeness (QED) is 0.632. The second-order valence-corrected chi connectivity index (χ2v) is 6.49. The highest BCUT2D eigenvalue weighted by Gasteiger charge is 2.15. The molecule has 0 radical (unpaired) electrons. The fourth-order valence-corrected chi connectivity index (χ4v) is 3.64. The lowest BCUT2D eigenvalue weighted by atomic mass is 9.98. The van der Waals surface area contributed by atoms with Crippen molar-refractivity contribution in [1.29, 1.82) is 0 Å². The van der Waals surface area contributed by atoms with Crippen LogP contribution >= 0.6 is 0 Å². The number of piperidine rings is 1. The second kappa shape index (κ2) is 6.56. The number of hydrogen-bond donors (Lipinski definition) is 0. The summed E-state index contributed by atoms with van der Waals surface area (Å²) in [5, 5.41) is 2.67. The lowest BCUT2D eigenvalue weighted by Crippen LogP contribution is -2.29. The normalized spacial score (nSPS) is 14.8. The summed E-state index contributed by atoms with van der Waals surface area (Å²) in [6, 6.07) is 21.7. The van der Waals surface area contributed by atoms with Gasteiger partial charge in [-0.2, -0.15) is 0 Å². The monoisotopic (exact) mass is 317 g/mol. The van der Waals surface area contributed by atoms with E-state index in [1.165, 1.54) is 46.8 Å². The molecule has 3 aromatic rings. The minimum atomic E-state index is 0.899. The Hall–Kier alpha value is -2.48. The first-order valence-electron chi connectivity index (χ1n) is 8.77. The molecule has 2 heteroatoms. The number of methoxy groups -OCH3 is 1. The summed E-state index contributed by atoms with van der Waals surface area (Å²) >= 11 is 0. The van der Waals surface area contributed by atoms with Crippen molar-refractivity contribution < 1.29 is 4.74 Å². The summed E-state index contributed by atoms with van der Waals surface area (Å²) in [5.41, 5.74) is 3.88. The van der Waals surface area contributed by atoms with Gasteiger partial charge >= 0.3 is 0 Å². The maximum atomic E-state index is 5.29. The Bertz CT molecular complexity index is 832. The Kier molecular flexibility index (Phi) is 4.12. The Morgan fingerprint density at radius 3 is 2.29 bits per heavy atom. The van der Waals surface area contributed by atoms with Gasteiger partial charge in [0.25, 0.3) is 0 Å². The van der Waals surface area contributed by atoms with Crippen molar-refractivity contribution in [1.82, 2.24) is 0 Å². The molecule has 0 aromatic heterocycles. The molecule has 0 amide bonds. The zero-order valence-electron chi connectivity index (χ0n) is 14.2. The van der Waals surface area contributed by atoms with Gasteiger partial charge in [0, 0.05) is 24.2 Å². The molecule has 0 atom stereocenters. The van der Waals surface area contributed by atoms with Crippen molar-refractivity contribution in [3.8, 4) is 16.9 Å². The maximum Gasteiger partial charge on any atom is 0.118 e.